The van der Waals surface area contributed by atoms with Gasteiger partial charge in [0.05, 0.1) is 0 Å². The summed E-state index contributed by atoms with van der Waals surface area (Å²) in [6, 6.07) is 0. The molecule has 2 fully saturated rings. The lowest BCUT2D eigenvalue weighted by molar-refractivity contribution is 0.162. The number of nitrogens with zero attached hydrogens (tertiary/aromatic N) is 1. The summed E-state index contributed by atoms with van der Waals surface area (Å²) in [5, 5.41) is 0. The van der Waals surface area contributed by atoms with Gasteiger partial charge in [0.25, 0.3) is 0 Å². The number of hydrogen-bond acceptors (Lipinski definition) is 1. The van der Waals surface area contributed by atoms with Gasteiger partial charge in [0.15, 0.2) is 0 Å². The van der Waals surface area contributed by atoms with Gasteiger partial charge in [0.1, 0.15) is 0 Å². The lowest BCUT2D eigenvalue weighted by Gasteiger charge is -2.32. The van der Waals surface area contributed by atoms with Gasteiger partial charge in [-0.3, -0.25) is 0 Å². The fraction of sp³-hybridized carbons (Fsp3) is 1.00. The second-order valence-electron chi connectivity index (χ2n) is 4.96. The van der Waals surface area contributed by atoms with E-state index in [0.717, 1.165) is 17.3 Å². The van der Waals surface area contributed by atoms with Gasteiger partial charge < -0.3 is 4.90 Å². The quantitative estimate of drug-likeness (QED) is 0.610. The van der Waals surface area contributed by atoms with E-state index in [1.807, 2.05) is 0 Å². The summed E-state index contributed by atoms with van der Waals surface area (Å²) in [6.07, 6.45) is 4.36. The number of hydrogen-bond donors (Lipinski definition) is 0. The fourth-order valence-electron chi connectivity index (χ4n) is 3.08. The van der Waals surface area contributed by atoms with Crippen LogP contribution in [0, 0.1) is 17.3 Å². The predicted octanol–water partition coefficient (Wildman–Crippen LogP) is 2.37. The van der Waals surface area contributed by atoms with E-state index in [1.54, 1.807) is 0 Å². The Morgan fingerprint density at radius 2 is 2.33 bits per heavy atom. The third kappa shape index (κ3) is 1.10. The van der Waals surface area contributed by atoms with Crippen LogP contribution in [0.1, 0.15) is 33.1 Å². The van der Waals surface area contributed by atoms with Crippen LogP contribution >= 0.6 is 0 Å². The maximum Gasteiger partial charge on any atom is 0.00122 e. The number of likely N-dealkylation sites (tertiary alicyclic amines) is 1. The van der Waals surface area contributed by atoms with Crippen molar-refractivity contribution in [3.63, 3.8) is 0 Å². The molecule has 2 aliphatic rings. The summed E-state index contributed by atoms with van der Waals surface area (Å²) in [5.74, 6) is 2.02. The van der Waals surface area contributed by atoms with Gasteiger partial charge >= 0.3 is 0 Å². The van der Waals surface area contributed by atoms with Gasteiger partial charge in [0, 0.05) is 6.54 Å². The number of piperidine rings is 1. The Bertz CT molecular complexity index is 178. The minimum absolute atomic E-state index is 0.793. The molecule has 3 atom stereocenters. The average Bonchev–Trinajstić information content (AvgIpc) is 2.78. The third-order valence-corrected chi connectivity index (χ3v) is 4.36. The number of rotatable bonds is 2. The lowest BCUT2D eigenvalue weighted by Crippen LogP contribution is -2.34. The van der Waals surface area contributed by atoms with Crippen molar-refractivity contribution in [1.82, 2.24) is 4.90 Å². The minimum atomic E-state index is 0.793. The molecule has 0 bridgehead atoms. The second kappa shape index (κ2) is 2.73. The van der Waals surface area contributed by atoms with Crippen LogP contribution in [-0.2, 0) is 0 Å². The van der Waals surface area contributed by atoms with Gasteiger partial charge in [-0.25, -0.2) is 0 Å². The van der Waals surface area contributed by atoms with Crippen LogP contribution in [0.5, 0.6) is 0 Å². The molecule has 1 saturated carbocycles. The molecule has 1 heteroatoms. The first-order valence-corrected chi connectivity index (χ1v) is 5.37. The van der Waals surface area contributed by atoms with E-state index < -0.39 is 0 Å². The maximum atomic E-state index is 2.50. The predicted molar refractivity (Wildman–Crippen MR) is 52.1 cm³/mol. The summed E-state index contributed by atoms with van der Waals surface area (Å²) in [4.78, 5) is 2.50. The molecule has 0 aromatic heterocycles. The molecular weight excluding hydrogens is 146 g/mol. The van der Waals surface area contributed by atoms with Crippen LogP contribution < -0.4 is 0 Å². The van der Waals surface area contributed by atoms with Gasteiger partial charge in [0.2, 0.25) is 0 Å². The summed E-state index contributed by atoms with van der Waals surface area (Å²) in [5.41, 5.74) is 0.793. The molecule has 0 aromatic rings. The van der Waals surface area contributed by atoms with Crippen LogP contribution in [0.15, 0.2) is 0 Å². The van der Waals surface area contributed by atoms with E-state index in [4.69, 9.17) is 0 Å². The summed E-state index contributed by atoms with van der Waals surface area (Å²) in [7, 11) is 2.26. The van der Waals surface area contributed by atoms with Gasteiger partial charge in [-0.15, -0.1) is 0 Å². The zero-order chi connectivity index (χ0) is 8.77. The summed E-state index contributed by atoms with van der Waals surface area (Å²) in [6.45, 7) is 7.49. The highest BCUT2D eigenvalue weighted by atomic mass is 15.1. The number of fused-ring (bicyclic) bond motifs is 1. The first kappa shape index (κ1) is 8.55. The highest BCUT2D eigenvalue weighted by molar-refractivity contribution is 5.08. The van der Waals surface area contributed by atoms with E-state index in [-0.39, 0.29) is 0 Å². The molecule has 2 rings (SSSR count). The van der Waals surface area contributed by atoms with Crippen molar-refractivity contribution in [3.05, 3.63) is 0 Å². The molecular formula is C11H21N. The minimum Gasteiger partial charge on any atom is -0.306 e. The molecule has 1 aliphatic heterocycles. The SMILES string of the molecule is CCC(C)C12CCN(C)CC1C2. The van der Waals surface area contributed by atoms with Gasteiger partial charge in [-0.1, -0.05) is 20.3 Å². The molecule has 0 N–H and O–H groups in total. The highest BCUT2D eigenvalue weighted by Crippen LogP contribution is 2.62. The van der Waals surface area contributed by atoms with Gasteiger partial charge in [-0.2, -0.15) is 0 Å². The van der Waals surface area contributed by atoms with Crippen LogP contribution in [0.4, 0.5) is 0 Å². The van der Waals surface area contributed by atoms with Crippen LogP contribution in [0.25, 0.3) is 0 Å². The molecule has 0 amide bonds. The zero-order valence-corrected chi connectivity index (χ0v) is 8.64. The van der Waals surface area contributed by atoms with E-state index in [1.165, 1.54) is 32.4 Å². The van der Waals surface area contributed by atoms with Crippen molar-refractivity contribution >= 4 is 0 Å². The molecule has 1 nitrogen and oxygen atoms in total. The fourth-order valence-corrected chi connectivity index (χ4v) is 3.08. The van der Waals surface area contributed by atoms with E-state index in [2.05, 4.69) is 25.8 Å². The van der Waals surface area contributed by atoms with Crippen LogP contribution in [-0.4, -0.2) is 25.0 Å². The zero-order valence-electron chi connectivity index (χ0n) is 8.64. The Labute approximate surface area is 76.1 Å². The average molecular weight is 167 g/mol. The molecule has 0 spiro atoms. The molecule has 1 aliphatic carbocycles. The van der Waals surface area contributed by atoms with Gasteiger partial charge in [-0.05, 0) is 43.7 Å². The molecule has 12 heavy (non-hydrogen) atoms. The summed E-state index contributed by atoms with van der Waals surface area (Å²) >= 11 is 0. The van der Waals surface area contributed by atoms with Crippen LogP contribution in [0.2, 0.25) is 0 Å². The summed E-state index contributed by atoms with van der Waals surface area (Å²) < 4.78 is 0. The Kier molecular flexibility index (Phi) is 1.95. The molecule has 70 valence electrons. The monoisotopic (exact) mass is 167 g/mol. The Morgan fingerprint density at radius 3 is 2.92 bits per heavy atom. The van der Waals surface area contributed by atoms with Crippen molar-refractivity contribution in [2.24, 2.45) is 17.3 Å². The normalized spacial score (nSPS) is 43.8. The molecule has 0 aromatic carbocycles. The first-order valence-electron chi connectivity index (χ1n) is 5.37. The molecule has 1 heterocycles. The standard InChI is InChI=1S/C11H21N/c1-4-9(2)11-5-6-12(3)8-10(11)7-11/h9-10H,4-8H2,1-3H3. The van der Waals surface area contributed by atoms with Crippen molar-refractivity contribution in [2.75, 3.05) is 20.1 Å². The van der Waals surface area contributed by atoms with Crippen molar-refractivity contribution in [1.29, 1.82) is 0 Å². The largest absolute Gasteiger partial charge is 0.306 e. The second-order valence-corrected chi connectivity index (χ2v) is 4.96. The van der Waals surface area contributed by atoms with E-state index in [9.17, 15) is 0 Å². The maximum absolute atomic E-state index is 2.50. The Morgan fingerprint density at radius 1 is 1.58 bits per heavy atom. The highest BCUT2D eigenvalue weighted by Gasteiger charge is 2.57. The lowest BCUT2D eigenvalue weighted by atomic mass is 9.82. The van der Waals surface area contributed by atoms with Crippen LogP contribution in [0.3, 0.4) is 0 Å². The molecule has 3 unspecified atom stereocenters. The smallest absolute Gasteiger partial charge is 0.00122 e. The van der Waals surface area contributed by atoms with E-state index in [0.29, 0.717) is 0 Å². The van der Waals surface area contributed by atoms with E-state index >= 15 is 0 Å². The van der Waals surface area contributed by atoms with Crippen molar-refractivity contribution in [3.8, 4) is 0 Å². The molecule has 1 saturated heterocycles. The Balaban J connectivity index is 1.99. The van der Waals surface area contributed by atoms with Crippen molar-refractivity contribution < 1.29 is 0 Å². The Hall–Kier alpha value is -0.0400. The van der Waals surface area contributed by atoms with Crippen molar-refractivity contribution in [2.45, 2.75) is 33.1 Å². The topological polar surface area (TPSA) is 3.24 Å². The third-order valence-electron chi connectivity index (χ3n) is 4.36. The molecule has 0 radical (unpaired) electrons. The first-order chi connectivity index (χ1) is 5.69.